The summed E-state index contributed by atoms with van der Waals surface area (Å²) in [7, 11) is -3.69. The van der Waals surface area contributed by atoms with Crippen LogP contribution in [0.15, 0.2) is 77.7 Å². The molecule has 1 unspecified atom stereocenters. The van der Waals surface area contributed by atoms with Crippen LogP contribution in [0, 0.1) is 0 Å². The van der Waals surface area contributed by atoms with E-state index in [0.29, 0.717) is 21.3 Å². The molecule has 0 aromatic heterocycles. The van der Waals surface area contributed by atoms with Crippen molar-refractivity contribution in [2.45, 2.75) is 11.0 Å². The highest BCUT2D eigenvalue weighted by Crippen LogP contribution is 2.26. The summed E-state index contributed by atoms with van der Waals surface area (Å²) in [5.41, 5.74) is 0.554. The van der Waals surface area contributed by atoms with Crippen LogP contribution in [0.1, 0.15) is 22.0 Å². The molecular formula is C22H17Cl2NO5S. The summed E-state index contributed by atoms with van der Waals surface area (Å²) in [4.78, 5) is 25.7. The number of halogens is 2. The molecule has 3 aromatic carbocycles. The minimum absolute atomic E-state index is 0.162. The van der Waals surface area contributed by atoms with E-state index >= 15 is 0 Å². The van der Waals surface area contributed by atoms with Gasteiger partial charge in [-0.2, -0.15) is 0 Å². The monoisotopic (exact) mass is 477 g/mol. The van der Waals surface area contributed by atoms with E-state index in [1.54, 1.807) is 30.3 Å². The number of esters is 1. The second kappa shape index (κ2) is 9.51. The smallest absolute Gasteiger partial charge is 0.340 e. The van der Waals surface area contributed by atoms with Crippen LogP contribution < -0.4 is 5.32 Å². The molecule has 3 rings (SSSR count). The first kappa shape index (κ1) is 22.8. The van der Waals surface area contributed by atoms with Crippen molar-refractivity contribution in [3.8, 4) is 0 Å². The van der Waals surface area contributed by atoms with E-state index < -0.39 is 27.8 Å². The maximum Gasteiger partial charge on any atom is 0.340 e. The Morgan fingerprint density at radius 2 is 1.48 bits per heavy atom. The molecule has 0 aliphatic carbocycles. The zero-order valence-electron chi connectivity index (χ0n) is 16.2. The zero-order valence-corrected chi connectivity index (χ0v) is 18.5. The van der Waals surface area contributed by atoms with Gasteiger partial charge in [0.05, 0.1) is 10.5 Å². The first-order chi connectivity index (χ1) is 14.6. The van der Waals surface area contributed by atoms with Gasteiger partial charge in [0.1, 0.15) is 0 Å². The molecule has 1 atom stereocenters. The number of rotatable bonds is 6. The standard InChI is InChI=1S/C22H17Cl2NO5S/c1-31(28,29)19-10-6-5-9-18(19)22(27)30-20(14-7-3-2-4-8-14)21(26)25-17-12-15(23)11-16(24)13-17/h2-13,20H,1H3,(H,25,26). The van der Waals surface area contributed by atoms with Crippen molar-refractivity contribution in [1.82, 2.24) is 0 Å². The van der Waals surface area contributed by atoms with Crippen LogP contribution in [0.4, 0.5) is 5.69 Å². The van der Waals surface area contributed by atoms with Crippen molar-refractivity contribution in [2.24, 2.45) is 0 Å². The Morgan fingerprint density at radius 1 is 0.903 bits per heavy atom. The average Bonchev–Trinajstić information content (AvgIpc) is 2.71. The zero-order chi connectivity index (χ0) is 22.6. The lowest BCUT2D eigenvalue weighted by Crippen LogP contribution is -2.26. The molecule has 0 saturated carbocycles. The van der Waals surface area contributed by atoms with Crippen LogP contribution in [-0.2, 0) is 19.4 Å². The summed E-state index contributed by atoms with van der Waals surface area (Å²) >= 11 is 12.0. The van der Waals surface area contributed by atoms with Crippen molar-refractivity contribution in [3.63, 3.8) is 0 Å². The number of carbonyl (C=O) groups is 2. The first-order valence-electron chi connectivity index (χ1n) is 8.97. The molecule has 0 saturated heterocycles. The van der Waals surface area contributed by atoms with Gasteiger partial charge >= 0.3 is 5.97 Å². The van der Waals surface area contributed by atoms with Crippen LogP contribution in [-0.4, -0.2) is 26.6 Å². The van der Waals surface area contributed by atoms with E-state index in [4.69, 9.17) is 27.9 Å². The van der Waals surface area contributed by atoms with Crippen molar-refractivity contribution in [2.75, 3.05) is 11.6 Å². The summed E-state index contributed by atoms with van der Waals surface area (Å²) in [5, 5.41) is 3.26. The summed E-state index contributed by atoms with van der Waals surface area (Å²) in [6.07, 6.45) is -0.359. The quantitative estimate of drug-likeness (QED) is 0.508. The first-order valence-corrected chi connectivity index (χ1v) is 11.6. The summed E-state index contributed by atoms with van der Waals surface area (Å²) in [6, 6.07) is 18.5. The van der Waals surface area contributed by atoms with E-state index in [0.717, 1.165) is 6.26 Å². The molecule has 1 N–H and O–H groups in total. The van der Waals surface area contributed by atoms with Gasteiger partial charge in [-0.15, -0.1) is 0 Å². The minimum Gasteiger partial charge on any atom is -0.444 e. The van der Waals surface area contributed by atoms with Crippen LogP contribution >= 0.6 is 23.2 Å². The Morgan fingerprint density at radius 3 is 2.10 bits per heavy atom. The number of hydrogen-bond donors (Lipinski definition) is 1. The number of sulfone groups is 1. The van der Waals surface area contributed by atoms with Crippen LogP contribution in [0.2, 0.25) is 10.0 Å². The fraction of sp³-hybridized carbons (Fsp3) is 0.0909. The molecule has 0 fully saturated rings. The molecule has 0 heterocycles. The van der Waals surface area contributed by atoms with Crippen molar-refractivity contribution in [1.29, 1.82) is 0 Å². The van der Waals surface area contributed by atoms with Crippen molar-refractivity contribution in [3.05, 3.63) is 94.0 Å². The van der Waals surface area contributed by atoms with Gasteiger partial charge in [0.2, 0.25) is 6.10 Å². The second-order valence-electron chi connectivity index (χ2n) is 6.61. The molecule has 9 heteroatoms. The lowest BCUT2D eigenvalue weighted by Gasteiger charge is -2.19. The van der Waals surface area contributed by atoms with E-state index in [1.807, 2.05) is 0 Å². The van der Waals surface area contributed by atoms with Crippen LogP contribution in [0.25, 0.3) is 0 Å². The largest absolute Gasteiger partial charge is 0.444 e. The van der Waals surface area contributed by atoms with Gasteiger partial charge in [-0.05, 0) is 30.3 Å². The summed E-state index contributed by atoms with van der Waals surface area (Å²) in [5.74, 6) is -1.61. The maximum atomic E-state index is 13.0. The van der Waals surface area contributed by atoms with E-state index in [-0.39, 0.29) is 10.5 Å². The third kappa shape index (κ3) is 5.85. The van der Waals surface area contributed by atoms with Gasteiger partial charge < -0.3 is 10.1 Å². The molecule has 0 spiro atoms. The van der Waals surface area contributed by atoms with Gasteiger partial charge in [0, 0.05) is 27.6 Å². The van der Waals surface area contributed by atoms with E-state index in [9.17, 15) is 18.0 Å². The summed E-state index contributed by atoms with van der Waals surface area (Å²) in [6.45, 7) is 0. The van der Waals surface area contributed by atoms with Crippen LogP contribution in [0.3, 0.4) is 0 Å². The van der Waals surface area contributed by atoms with Gasteiger partial charge in [-0.1, -0.05) is 65.7 Å². The Hall–Kier alpha value is -2.87. The predicted molar refractivity (Wildman–Crippen MR) is 119 cm³/mol. The Bertz CT molecular complexity index is 1210. The Kier molecular flexibility index (Phi) is 7.00. The molecule has 1 amide bonds. The molecule has 31 heavy (non-hydrogen) atoms. The Balaban J connectivity index is 1.94. The van der Waals surface area contributed by atoms with Crippen LogP contribution in [0.5, 0.6) is 0 Å². The molecule has 0 bridgehead atoms. The third-order valence-electron chi connectivity index (χ3n) is 4.20. The van der Waals surface area contributed by atoms with Gasteiger partial charge in [-0.3, -0.25) is 4.79 Å². The van der Waals surface area contributed by atoms with Gasteiger partial charge in [-0.25, -0.2) is 13.2 Å². The third-order valence-corrected chi connectivity index (χ3v) is 5.79. The fourth-order valence-electron chi connectivity index (χ4n) is 2.86. The number of benzene rings is 3. The molecule has 160 valence electrons. The SMILES string of the molecule is CS(=O)(=O)c1ccccc1C(=O)OC(C(=O)Nc1cc(Cl)cc(Cl)c1)c1ccccc1. The lowest BCUT2D eigenvalue weighted by molar-refractivity contribution is -0.125. The number of ether oxygens (including phenoxy) is 1. The highest BCUT2D eigenvalue weighted by Gasteiger charge is 2.28. The lowest BCUT2D eigenvalue weighted by atomic mass is 10.1. The second-order valence-corrected chi connectivity index (χ2v) is 9.47. The number of anilines is 1. The number of amides is 1. The number of carbonyl (C=O) groups excluding carboxylic acids is 2. The number of hydrogen-bond acceptors (Lipinski definition) is 5. The maximum absolute atomic E-state index is 13.0. The average molecular weight is 478 g/mol. The van der Waals surface area contributed by atoms with Gasteiger partial charge in [0.15, 0.2) is 9.84 Å². The predicted octanol–water partition coefficient (Wildman–Crippen LogP) is 4.93. The van der Waals surface area contributed by atoms with Crippen molar-refractivity contribution < 1.29 is 22.7 Å². The van der Waals surface area contributed by atoms with Crippen molar-refractivity contribution >= 4 is 50.6 Å². The fourth-order valence-corrected chi connectivity index (χ4v) is 4.27. The topological polar surface area (TPSA) is 89.5 Å². The van der Waals surface area contributed by atoms with E-state index in [1.165, 1.54) is 42.5 Å². The molecule has 0 aliphatic heterocycles. The van der Waals surface area contributed by atoms with Gasteiger partial charge in [0.25, 0.3) is 5.91 Å². The molecule has 0 radical (unpaired) electrons. The highest BCUT2D eigenvalue weighted by molar-refractivity contribution is 7.90. The normalized spacial score (nSPS) is 12.1. The van der Waals surface area contributed by atoms with E-state index in [2.05, 4.69) is 5.32 Å². The minimum atomic E-state index is -3.69. The number of nitrogens with one attached hydrogen (secondary N) is 1. The molecule has 0 aliphatic rings. The Labute approximate surface area is 189 Å². The molecule has 3 aromatic rings. The molecule has 6 nitrogen and oxygen atoms in total. The highest BCUT2D eigenvalue weighted by atomic mass is 35.5. The summed E-state index contributed by atoms with van der Waals surface area (Å²) < 4.78 is 29.6. The molecular weight excluding hydrogens is 461 g/mol.